The Balaban J connectivity index is 2.19. The molecule has 0 aromatic heterocycles. The van der Waals surface area contributed by atoms with E-state index >= 15 is 0 Å². The third-order valence-corrected chi connectivity index (χ3v) is 4.17. The van der Waals surface area contributed by atoms with Gasteiger partial charge in [0.15, 0.2) is 0 Å². The molecule has 0 bridgehead atoms. The molecule has 1 heterocycles. The van der Waals surface area contributed by atoms with E-state index in [-0.39, 0.29) is 5.91 Å². The standard InChI is InChI=1S/C18H23NO2/c1-2-10-18(12-7-14-20)11-6-13-19(17(18)21)15-16-8-4-3-5-9-16/h3-5,7-9,12,14H,2,6,10-11,13,15H2,1H3/b12-7+. The van der Waals surface area contributed by atoms with E-state index in [4.69, 9.17) is 0 Å². The van der Waals surface area contributed by atoms with Crippen LogP contribution in [0.3, 0.4) is 0 Å². The molecule has 0 aliphatic carbocycles. The van der Waals surface area contributed by atoms with Gasteiger partial charge in [-0.1, -0.05) is 49.8 Å². The van der Waals surface area contributed by atoms with Gasteiger partial charge in [-0.15, -0.1) is 0 Å². The van der Waals surface area contributed by atoms with Crippen LogP contribution in [0, 0.1) is 5.41 Å². The number of hydrogen-bond donors (Lipinski definition) is 0. The van der Waals surface area contributed by atoms with Gasteiger partial charge in [0.25, 0.3) is 0 Å². The Hall–Kier alpha value is -1.90. The topological polar surface area (TPSA) is 37.4 Å². The Morgan fingerprint density at radius 2 is 2.05 bits per heavy atom. The summed E-state index contributed by atoms with van der Waals surface area (Å²) in [5.74, 6) is 0.164. The fourth-order valence-electron chi connectivity index (χ4n) is 3.20. The molecule has 3 nitrogen and oxygen atoms in total. The summed E-state index contributed by atoms with van der Waals surface area (Å²) in [6, 6.07) is 10.1. The van der Waals surface area contributed by atoms with Gasteiger partial charge in [0, 0.05) is 13.1 Å². The van der Waals surface area contributed by atoms with Gasteiger partial charge in [-0.05, 0) is 30.9 Å². The molecular weight excluding hydrogens is 262 g/mol. The van der Waals surface area contributed by atoms with Crippen molar-refractivity contribution < 1.29 is 9.59 Å². The summed E-state index contributed by atoms with van der Waals surface area (Å²) in [4.78, 5) is 25.5. The molecule has 21 heavy (non-hydrogen) atoms. The van der Waals surface area contributed by atoms with Crippen LogP contribution < -0.4 is 0 Å². The number of allylic oxidation sites excluding steroid dienone is 1. The number of hydrogen-bond acceptors (Lipinski definition) is 2. The maximum Gasteiger partial charge on any atom is 0.232 e. The van der Waals surface area contributed by atoms with E-state index in [1.54, 1.807) is 0 Å². The molecule has 1 saturated heterocycles. The lowest BCUT2D eigenvalue weighted by Crippen LogP contribution is -2.47. The monoisotopic (exact) mass is 285 g/mol. The van der Waals surface area contributed by atoms with Crippen LogP contribution in [0.25, 0.3) is 0 Å². The number of aldehydes is 1. The number of carbonyl (C=O) groups excluding carboxylic acids is 2. The smallest absolute Gasteiger partial charge is 0.232 e. The average Bonchev–Trinajstić information content (AvgIpc) is 2.51. The normalized spacial score (nSPS) is 22.7. The molecule has 0 saturated carbocycles. The molecule has 1 aliphatic heterocycles. The summed E-state index contributed by atoms with van der Waals surface area (Å²) in [7, 11) is 0. The number of carbonyl (C=O) groups is 2. The maximum atomic E-state index is 12.9. The molecule has 112 valence electrons. The van der Waals surface area contributed by atoms with Crippen LogP contribution in [-0.4, -0.2) is 23.6 Å². The first-order chi connectivity index (χ1) is 10.2. The van der Waals surface area contributed by atoms with E-state index in [1.165, 1.54) is 6.08 Å². The molecular formula is C18H23NO2. The van der Waals surface area contributed by atoms with Gasteiger partial charge in [-0.2, -0.15) is 0 Å². The zero-order chi connectivity index (χ0) is 15.1. The molecule has 2 rings (SSSR count). The van der Waals surface area contributed by atoms with Crippen LogP contribution in [-0.2, 0) is 16.1 Å². The fourth-order valence-corrected chi connectivity index (χ4v) is 3.20. The van der Waals surface area contributed by atoms with Crippen molar-refractivity contribution in [2.45, 2.75) is 39.2 Å². The van der Waals surface area contributed by atoms with Crippen molar-refractivity contribution in [1.82, 2.24) is 4.90 Å². The zero-order valence-electron chi connectivity index (χ0n) is 12.6. The number of benzene rings is 1. The maximum absolute atomic E-state index is 12.9. The summed E-state index contributed by atoms with van der Waals surface area (Å²) in [6.07, 6.45) is 7.65. The lowest BCUT2D eigenvalue weighted by molar-refractivity contribution is -0.144. The largest absolute Gasteiger partial charge is 0.338 e. The second kappa shape index (κ2) is 7.21. The third-order valence-electron chi connectivity index (χ3n) is 4.17. The first kappa shape index (κ1) is 15.5. The third kappa shape index (κ3) is 3.60. The zero-order valence-corrected chi connectivity index (χ0v) is 12.6. The van der Waals surface area contributed by atoms with Gasteiger partial charge in [0.1, 0.15) is 6.29 Å². The Kier molecular flexibility index (Phi) is 5.32. The molecule has 1 aromatic carbocycles. The quantitative estimate of drug-likeness (QED) is 0.594. The summed E-state index contributed by atoms with van der Waals surface area (Å²) in [5.41, 5.74) is 0.667. The molecule has 0 N–H and O–H groups in total. The van der Waals surface area contributed by atoms with E-state index in [0.29, 0.717) is 6.54 Å². The van der Waals surface area contributed by atoms with Crippen molar-refractivity contribution in [3.8, 4) is 0 Å². The summed E-state index contributed by atoms with van der Waals surface area (Å²) < 4.78 is 0. The van der Waals surface area contributed by atoms with Crippen molar-refractivity contribution in [3.63, 3.8) is 0 Å². The Morgan fingerprint density at radius 3 is 2.71 bits per heavy atom. The predicted molar refractivity (Wildman–Crippen MR) is 83.6 cm³/mol. The molecule has 0 spiro atoms. The number of nitrogens with zero attached hydrogens (tertiary/aromatic N) is 1. The average molecular weight is 285 g/mol. The van der Waals surface area contributed by atoms with Crippen molar-refractivity contribution in [2.24, 2.45) is 5.41 Å². The highest BCUT2D eigenvalue weighted by Gasteiger charge is 2.40. The van der Waals surface area contributed by atoms with Gasteiger partial charge in [-0.25, -0.2) is 0 Å². The number of rotatable bonds is 6. The predicted octanol–water partition coefficient (Wildman–Crippen LogP) is 3.35. The molecule has 1 aliphatic rings. The highest BCUT2D eigenvalue weighted by Crippen LogP contribution is 2.37. The van der Waals surface area contributed by atoms with Crippen LogP contribution in [0.15, 0.2) is 42.5 Å². The minimum absolute atomic E-state index is 0.164. The van der Waals surface area contributed by atoms with Crippen LogP contribution in [0.5, 0.6) is 0 Å². The van der Waals surface area contributed by atoms with Gasteiger partial charge >= 0.3 is 0 Å². The fraction of sp³-hybridized carbons (Fsp3) is 0.444. The van der Waals surface area contributed by atoms with Crippen molar-refractivity contribution in [2.75, 3.05) is 6.54 Å². The summed E-state index contributed by atoms with van der Waals surface area (Å²) >= 11 is 0. The second-order valence-corrected chi connectivity index (χ2v) is 5.72. The molecule has 3 heteroatoms. The minimum atomic E-state index is -0.483. The van der Waals surface area contributed by atoms with Crippen LogP contribution >= 0.6 is 0 Å². The van der Waals surface area contributed by atoms with Gasteiger partial charge in [0.2, 0.25) is 5.91 Å². The van der Waals surface area contributed by atoms with Crippen LogP contribution in [0.4, 0.5) is 0 Å². The van der Waals surface area contributed by atoms with Crippen molar-refractivity contribution in [3.05, 3.63) is 48.0 Å². The lowest BCUT2D eigenvalue weighted by atomic mass is 9.75. The second-order valence-electron chi connectivity index (χ2n) is 5.72. The highest BCUT2D eigenvalue weighted by atomic mass is 16.2. The van der Waals surface area contributed by atoms with E-state index in [9.17, 15) is 9.59 Å². The number of likely N-dealkylation sites (tertiary alicyclic amines) is 1. The van der Waals surface area contributed by atoms with Crippen molar-refractivity contribution >= 4 is 12.2 Å². The molecule has 1 amide bonds. The van der Waals surface area contributed by atoms with E-state index in [0.717, 1.165) is 44.1 Å². The Morgan fingerprint density at radius 1 is 1.29 bits per heavy atom. The lowest BCUT2D eigenvalue weighted by Gasteiger charge is -2.40. The first-order valence-corrected chi connectivity index (χ1v) is 7.68. The van der Waals surface area contributed by atoms with Crippen LogP contribution in [0.1, 0.15) is 38.2 Å². The van der Waals surface area contributed by atoms with Crippen molar-refractivity contribution in [1.29, 1.82) is 0 Å². The summed E-state index contributed by atoms with van der Waals surface area (Å²) in [6.45, 7) is 3.54. The molecule has 1 unspecified atom stereocenters. The van der Waals surface area contributed by atoms with Gasteiger partial charge < -0.3 is 4.90 Å². The molecule has 0 radical (unpaired) electrons. The number of amides is 1. The van der Waals surface area contributed by atoms with Crippen LogP contribution in [0.2, 0.25) is 0 Å². The van der Waals surface area contributed by atoms with E-state index in [1.807, 2.05) is 41.3 Å². The molecule has 1 fully saturated rings. The molecule has 1 aromatic rings. The molecule has 1 atom stereocenters. The number of piperidine rings is 1. The van der Waals surface area contributed by atoms with E-state index < -0.39 is 5.41 Å². The van der Waals surface area contributed by atoms with Gasteiger partial charge in [0.05, 0.1) is 5.41 Å². The van der Waals surface area contributed by atoms with Gasteiger partial charge in [-0.3, -0.25) is 9.59 Å². The Bertz CT molecular complexity index is 505. The highest BCUT2D eigenvalue weighted by molar-refractivity contribution is 5.86. The Labute approximate surface area is 126 Å². The van der Waals surface area contributed by atoms with E-state index in [2.05, 4.69) is 6.92 Å². The minimum Gasteiger partial charge on any atom is -0.338 e. The first-order valence-electron chi connectivity index (χ1n) is 7.68. The SMILES string of the molecule is CCCC1(/C=C/C=O)CCCN(Cc2ccccc2)C1=O. The summed E-state index contributed by atoms with van der Waals surface area (Å²) in [5, 5.41) is 0.